The minimum Gasteiger partial charge on any atom is -0.469 e. The minimum atomic E-state index is -0.936. The summed E-state index contributed by atoms with van der Waals surface area (Å²) < 4.78 is 11.9. The molecule has 0 saturated heterocycles. The minimum absolute atomic E-state index is 0.0680. The molecule has 0 aliphatic heterocycles. The molecule has 0 aliphatic carbocycles. The molecule has 1 N–H and O–H groups in total. The second-order valence-electron chi connectivity index (χ2n) is 5.91. The molecule has 1 amide bonds. The highest BCUT2D eigenvalue weighted by molar-refractivity contribution is 7.99. The number of hydrogen-bond donors (Lipinski definition) is 1. The van der Waals surface area contributed by atoms with Crippen LogP contribution in [0.5, 0.6) is 0 Å². The molecule has 2 atom stereocenters. The zero-order valence-corrected chi connectivity index (χ0v) is 17.0. The van der Waals surface area contributed by atoms with Crippen LogP contribution in [-0.4, -0.2) is 58.2 Å². The molecule has 10 nitrogen and oxygen atoms in total. The number of hydrogen-bond acceptors (Lipinski definition) is 8. The molecule has 0 aliphatic rings. The van der Waals surface area contributed by atoms with Gasteiger partial charge in [-0.2, -0.15) is 9.78 Å². The van der Waals surface area contributed by atoms with Gasteiger partial charge in [-0.15, -0.1) is 11.8 Å². The maximum absolute atomic E-state index is 12.8. The monoisotopic (exact) mass is 422 g/mol. The van der Waals surface area contributed by atoms with Crippen LogP contribution in [0.15, 0.2) is 41.5 Å². The Morgan fingerprint density at radius 1 is 1.17 bits per heavy atom. The van der Waals surface area contributed by atoms with Crippen molar-refractivity contribution < 1.29 is 23.9 Å². The molecule has 0 fully saturated rings. The van der Waals surface area contributed by atoms with Gasteiger partial charge < -0.3 is 14.8 Å². The number of esters is 2. The highest BCUT2D eigenvalue weighted by atomic mass is 32.2. The summed E-state index contributed by atoms with van der Waals surface area (Å²) in [4.78, 5) is 47.9. The molecule has 2 rings (SSSR count). The van der Waals surface area contributed by atoms with Crippen LogP contribution in [0.1, 0.15) is 18.7 Å². The molecule has 1 heterocycles. The molecule has 0 spiro atoms. The van der Waals surface area contributed by atoms with Gasteiger partial charge in [0.2, 0.25) is 5.91 Å². The van der Waals surface area contributed by atoms with Gasteiger partial charge in [-0.25, -0.2) is 14.2 Å². The number of benzene rings is 1. The number of nitrogens with zero attached hydrogens (tertiary/aromatic N) is 3. The first-order chi connectivity index (χ1) is 13.9. The van der Waals surface area contributed by atoms with Crippen molar-refractivity contribution in [1.29, 1.82) is 0 Å². The smallest absolute Gasteiger partial charge is 0.351 e. The molecule has 1 aromatic carbocycles. The molecular weight excluding hydrogens is 400 g/mol. The summed E-state index contributed by atoms with van der Waals surface area (Å²) >= 11 is 1.11. The van der Waals surface area contributed by atoms with E-state index in [4.69, 9.17) is 9.47 Å². The van der Waals surface area contributed by atoms with Gasteiger partial charge in [0.1, 0.15) is 17.7 Å². The van der Waals surface area contributed by atoms with Crippen molar-refractivity contribution in [3.8, 4) is 5.69 Å². The van der Waals surface area contributed by atoms with Gasteiger partial charge in [-0.1, -0.05) is 18.2 Å². The van der Waals surface area contributed by atoms with Crippen molar-refractivity contribution in [2.75, 3.05) is 20.0 Å². The average Bonchev–Trinajstić information content (AvgIpc) is 3.10. The van der Waals surface area contributed by atoms with E-state index in [1.165, 1.54) is 32.0 Å². The highest BCUT2D eigenvalue weighted by Crippen LogP contribution is 2.26. The maximum atomic E-state index is 12.8. The van der Waals surface area contributed by atoms with E-state index in [1.807, 2.05) is 6.07 Å². The number of amides is 1. The summed E-state index contributed by atoms with van der Waals surface area (Å²) in [6, 6.07) is 7.96. The van der Waals surface area contributed by atoms with E-state index in [1.54, 1.807) is 24.3 Å². The van der Waals surface area contributed by atoms with E-state index in [-0.39, 0.29) is 12.2 Å². The summed E-state index contributed by atoms with van der Waals surface area (Å²) in [6.07, 6.45) is 1.20. The van der Waals surface area contributed by atoms with Crippen LogP contribution in [0.3, 0.4) is 0 Å². The molecule has 11 heteroatoms. The van der Waals surface area contributed by atoms with Crippen molar-refractivity contribution in [2.24, 2.45) is 0 Å². The summed E-state index contributed by atoms with van der Waals surface area (Å²) in [5, 5.41) is 5.86. The molecular formula is C18H22N4O6S. The second-order valence-corrected chi connectivity index (χ2v) is 7.12. The van der Waals surface area contributed by atoms with E-state index >= 15 is 0 Å². The SMILES string of the molecule is COC(=O)CC(SC[C@H](NC(C)=O)C(=O)OC)n1ncn(-c2ccccc2)c1=O. The van der Waals surface area contributed by atoms with Gasteiger partial charge >= 0.3 is 17.6 Å². The number of rotatable bonds is 9. The Kier molecular flexibility index (Phi) is 8.01. The lowest BCUT2D eigenvalue weighted by atomic mass is 10.3. The van der Waals surface area contributed by atoms with Crippen LogP contribution in [0.2, 0.25) is 0 Å². The Labute approximate surface area is 171 Å². The number of methoxy groups -OCH3 is 2. The van der Waals surface area contributed by atoms with E-state index in [0.29, 0.717) is 5.69 Å². The van der Waals surface area contributed by atoms with Gasteiger partial charge in [0, 0.05) is 12.7 Å². The summed E-state index contributed by atoms with van der Waals surface area (Å²) in [5.74, 6) is -1.51. The van der Waals surface area contributed by atoms with Gasteiger partial charge in [0.05, 0.1) is 26.3 Å². The number of carbonyl (C=O) groups is 3. The summed E-state index contributed by atoms with van der Waals surface area (Å²) in [7, 11) is 2.45. The molecule has 29 heavy (non-hydrogen) atoms. The normalized spacial score (nSPS) is 12.7. The van der Waals surface area contributed by atoms with Crippen molar-refractivity contribution in [3.05, 3.63) is 47.1 Å². The van der Waals surface area contributed by atoms with Crippen molar-refractivity contribution in [1.82, 2.24) is 19.7 Å². The van der Waals surface area contributed by atoms with Crippen LogP contribution >= 0.6 is 11.8 Å². The maximum Gasteiger partial charge on any atom is 0.351 e. The molecule has 1 unspecified atom stereocenters. The van der Waals surface area contributed by atoms with Gasteiger partial charge in [-0.05, 0) is 12.1 Å². The predicted molar refractivity (Wildman–Crippen MR) is 106 cm³/mol. The third kappa shape index (κ3) is 5.95. The van der Waals surface area contributed by atoms with E-state index in [2.05, 4.69) is 10.4 Å². The molecule has 156 valence electrons. The van der Waals surface area contributed by atoms with Crippen LogP contribution in [0.25, 0.3) is 5.69 Å². The molecule has 0 bridgehead atoms. The fourth-order valence-electron chi connectivity index (χ4n) is 2.49. The number of ether oxygens (including phenoxy) is 2. The van der Waals surface area contributed by atoms with Crippen LogP contribution in [0, 0.1) is 0 Å². The van der Waals surface area contributed by atoms with Crippen LogP contribution in [-0.2, 0) is 23.9 Å². The molecule has 1 aromatic heterocycles. The summed E-state index contributed by atoms with van der Waals surface area (Å²) in [6.45, 7) is 1.28. The molecule has 2 aromatic rings. The van der Waals surface area contributed by atoms with Gasteiger partial charge in [-0.3, -0.25) is 9.59 Å². The Bertz CT molecular complexity index is 911. The largest absolute Gasteiger partial charge is 0.469 e. The van der Waals surface area contributed by atoms with Crippen molar-refractivity contribution >= 4 is 29.6 Å². The van der Waals surface area contributed by atoms with E-state index in [0.717, 1.165) is 16.4 Å². The lowest BCUT2D eigenvalue weighted by molar-refractivity contribution is -0.144. The van der Waals surface area contributed by atoms with Crippen LogP contribution < -0.4 is 11.0 Å². The standard InChI is InChI=1S/C18H22N4O6S/c1-12(23)20-14(17(25)28-3)10-29-15(9-16(24)27-2)22-18(26)21(11-19-22)13-7-5-4-6-8-13/h4-8,11,14-15H,9-10H2,1-3H3,(H,20,23)/t14-,15?/m0/s1. The van der Waals surface area contributed by atoms with Crippen molar-refractivity contribution in [2.45, 2.75) is 24.8 Å². The topological polar surface area (TPSA) is 122 Å². The number of nitrogens with one attached hydrogen (secondary N) is 1. The zero-order chi connectivity index (χ0) is 21.4. The number of thioether (sulfide) groups is 1. The Hall–Kier alpha value is -3.08. The Balaban J connectivity index is 2.28. The summed E-state index contributed by atoms with van der Waals surface area (Å²) in [5.41, 5.74) is 0.169. The predicted octanol–water partition coefficient (Wildman–Crippen LogP) is 0.507. The quantitative estimate of drug-likeness (QED) is 0.580. The zero-order valence-electron chi connectivity index (χ0n) is 16.2. The van der Waals surface area contributed by atoms with E-state index in [9.17, 15) is 19.2 Å². The van der Waals surface area contributed by atoms with Gasteiger partial charge in [0.15, 0.2) is 0 Å². The second kappa shape index (κ2) is 10.5. The lowest BCUT2D eigenvalue weighted by Gasteiger charge is -2.19. The first-order valence-corrected chi connectivity index (χ1v) is 9.67. The van der Waals surface area contributed by atoms with Crippen LogP contribution in [0.4, 0.5) is 0 Å². The first-order valence-electron chi connectivity index (χ1n) is 8.62. The molecule has 0 radical (unpaired) electrons. The number of aromatic nitrogens is 3. The average molecular weight is 422 g/mol. The number of para-hydroxylation sites is 1. The fourth-order valence-corrected chi connectivity index (χ4v) is 3.66. The highest BCUT2D eigenvalue weighted by Gasteiger charge is 2.26. The Morgan fingerprint density at radius 3 is 2.45 bits per heavy atom. The molecule has 0 saturated carbocycles. The third-order valence-electron chi connectivity index (χ3n) is 3.89. The van der Waals surface area contributed by atoms with Gasteiger partial charge in [0.25, 0.3) is 0 Å². The third-order valence-corrected chi connectivity index (χ3v) is 5.17. The fraction of sp³-hybridized carbons (Fsp3) is 0.389. The lowest BCUT2D eigenvalue weighted by Crippen LogP contribution is -2.42. The number of carbonyl (C=O) groups excluding carboxylic acids is 3. The first kappa shape index (κ1) is 22.2. The Morgan fingerprint density at radius 2 is 1.86 bits per heavy atom. The van der Waals surface area contributed by atoms with E-state index < -0.39 is 35.0 Å². The van der Waals surface area contributed by atoms with Crippen molar-refractivity contribution in [3.63, 3.8) is 0 Å².